The van der Waals surface area contributed by atoms with E-state index in [0.717, 1.165) is 6.20 Å². The van der Waals surface area contributed by atoms with Crippen LogP contribution in [0.3, 0.4) is 0 Å². The second-order valence-corrected chi connectivity index (χ2v) is 4.00. The molecule has 2 rings (SSSR count). The highest BCUT2D eigenvalue weighted by Gasteiger charge is 2.07. The molecule has 0 spiro atoms. The normalized spacial score (nSPS) is 10.5. The molecule has 1 N–H and O–H groups in total. The highest BCUT2D eigenvalue weighted by Crippen LogP contribution is 2.11. The molecule has 0 atom stereocenters. The quantitative estimate of drug-likeness (QED) is 0.297. The van der Waals surface area contributed by atoms with E-state index in [-0.39, 0.29) is 11.3 Å². The van der Waals surface area contributed by atoms with Crippen LogP contribution >= 0.6 is 0 Å². The number of hydrazone groups is 1. The Morgan fingerprint density at radius 2 is 2.14 bits per heavy atom. The third-order valence-electron chi connectivity index (χ3n) is 2.50. The molecule has 0 saturated heterocycles. The Kier molecular flexibility index (Phi) is 4.20. The van der Waals surface area contributed by atoms with Crippen molar-refractivity contribution in [1.29, 1.82) is 0 Å². The Balaban J connectivity index is 2.04. The van der Waals surface area contributed by atoms with E-state index in [0.29, 0.717) is 10.3 Å². The van der Waals surface area contributed by atoms with Crippen LogP contribution in [0.1, 0.15) is 15.9 Å². The maximum atomic E-state index is 11.7. The number of pyridine rings is 1. The number of hydrogen-bond donors (Lipinski definition) is 1. The molecule has 2 aromatic rings. The second-order valence-electron chi connectivity index (χ2n) is 4.00. The molecule has 0 fully saturated rings. The van der Waals surface area contributed by atoms with E-state index in [1.807, 2.05) is 0 Å². The molecule has 0 unspecified atom stereocenters. The summed E-state index contributed by atoms with van der Waals surface area (Å²) < 4.78 is 0.499. The van der Waals surface area contributed by atoms with Gasteiger partial charge in [0.05, 0.1) is 11.1 Å². The van der Waals surface area contributed by atoms with E-state index in [9.17, 15) is 20.1 Å². The number of non-ortho nitro benzene ring substituents is 1. The summed E-state index contributed by atoms with van der Waals surface area (Å²) in [5.74, 6) is -0.554. The summed E-state index contributed by atoms with van der Waals surface area (Å²) in [6, 6.07) is 8.70. The topological polar surface area (TPSA) is 112 Å². The van der Waals surface area contributed by atoms with Crippen LogP contribution in [-0.4, -0.2) is 17.0 Å². The number of rotatable bonds is 4. The van der Waals surface area contributed by atoms with Crippen molar-refractivity contribution in [3.63, 3.8) is 0 Å². The van der Waals surface area contributed by atoms with Gasteiger partial charge in [-0.25, -0.2) is 5.43 Å². The number of nitro groups is 1. The van der Waals surface area contributed by atoms with Crippen molar-refractivity contribution in [2.45, 2.75) is 0 Å². The number of aromatic nitrogens is 1. The maximum absolute atomic E-state index is 11.7. The molecule has 8 heteroatoms. The summed E-state index contributed by atoms with van der Waals surface area (Å²) in [6.07, 6.45) is 3.64. The molecule has 0 radical (unpaired) electrons. The molecule has 0 aliphatic rings. The number of benzene rings is 1. The summed E-state index contributed by atoms with van der Waals surface area (Å²) in [5.41, 5.74) is 2.79. The minimum atomic E-state index is -0.554. The zero-order valence-electron chi connectivity index (χ0n) is 10.7. The highest BCUT2D eigenvalue weighted by molar-refractivity contribution is 5.94. The molecule has 106 valence electrons. The number of nitro benzene ring substituents is 1. The van der Waals surface area contributed by atoms with Gasteiger partial charge in [-0.1, -0.05) is 12.1 Å². The predicted octanol–water partition coefficient (Wildman–Crippen LogP) is 0.992. The molecular formula is C13H10N4O4. The lowest BCUT2D eigenvalue weighted by molar-refractivity contribution is -0.605. The average Bonchev–Trinajstić information content (AvgIpc) is 2.47. The van der Waals surface area contributed by atoms with Gasteiger partial charge >= 0.3 is 0 Å². The van der Waals surface area contributed by atoms with Crippen molar-refractivity contribution < 1.29 is 14.4 Å². The monoisotopic (exact) mass is 286 g/mol. The molecule has 0 saturated carbocycles. The Morgan fingerprint density at radius 3 is 2.86 bits per heavy atom. The lowest BCUT2D eigenvalue weighted by Crippen LogP contribution is -2.28. The first-order valence-electron chi connectivity index (χ1n) is 5.83. The summed E-state index contributed by atoms with van der Waals surface area (Å²) in [5, 5.41) is 25.3. The SMILES string of the molecule is O=C(N/N=C/c1cccc([N+](=O)[O-])c1)c1ccc[n+]([O-])c1. The fourth-order valence-corrected chi connectivity index (χ4v) is 1.54. The molecule has 21 heavy (non-hydrogen) atoms. The number of nitrogens with zero attached hydrogens (tertiary/aromatic N) is 3. The number of nitrogens with one attached hydrogen (secondary N) is 1. The first-order valence-corrected chi connectivity index (χ1v) is 5.83. The second kappa shape index (κ2) is 6.24. The van der Waals surface area contributed by atoms with E-state index >= 15 is 0 Å². The van der Waals surface area contributed by atoms with Crippen molar-refractivity contribution in [1.82, 2.24) is 5.43 Å². The van der Waals surface area contributed by atoms with Crippen LogP contribution in [0.2, 0.25) is 0 Å². The molecular weight excluding hydrogens is 276 g/mol. The first-order chi connectivity index (χ1) is 10.1. The van der Waals surface area contributed by atoms with Gasteiger partial charge in [-0.2, -0.15) is 9.83 Å². The van der Waals surface area contributed by atoms with Crippen LogP contribution in [0.5, 0.6) is 0 Å². The third kappa shape index (κ3) is 3.83. The molecule has 0 aliphatic heterocycles. The van der Waals surface area contributed by atoms with Crippen LogP contribution < -0.4 is 10.2 Å². The Labute approximate surface area is 119 Å². The van der Waals surface area contributed by atoms with Gasteiger partial charge in [0.25, 0.3) is 11.6 Å². The smallest absolute Gasteiger partial charge is 0.277 e. The van der Waals surface area contributed by atoms with Gasteiger partial charge in [0.2, 0.25) is 0 Å². The average molecular weight is 286 g/mol. The standard InChI is InChI=1S/C13H10N4O4/c18-13(11-4-2-6-16(19)9-11)15-14-8-10-3-1-5-12(7-10)17(20)21/h1-9H,(H,15,18)/b14-8+. The van der Waals surface area contributed by atoms with Gasteiger partial charge in [0.1, 0.15) is 5.56 Å². The van der Waals surface area contributed by atoms with E-state index in [2.05, 4.69) is 10.5 Å². The van der Waals surface area contributed by atoms with E-state index in [1.165, 1.54) is 42.7 Å². The predicted molar refractivity (Wildman–Crippen MR) is 73.6 cm³/mol. The van der Waals surface area contributed by atoms with Crippen molar-refractivity contribution in [3.8, 4) is 0 Å². The zero-order chi connectivity index (χ0) is 15.2. The third-order valence-corrected chi connectivity index (χ3v) is 2.50. The minimum absolute atomic E-state index is 0.0688. The van der Waals surface area contributed by atoms with Crippen LogP contribution in [0, 0.1) is 15.3 Å². The largest absolute Gasteiger partial charge is 0.619 e. The van der Waals surface area contributed by atoms with E-state index < -0.39 is 10.8 Å². The van der Waals surface area contributed by atoms with Crippen LogP contribution in [-0.2, 0) is 0 Å². The lowest BCUT2D eigenvalue weighted by atomic mass is 10.2. The van der Waals surface area contributed by atoms with Crippen LogP contribution in [0.15, 0.2) is 53.9 Å². The zero-order valence-corrected chi connectivity index (χ0v) is 10.7. The van der Waals surface area contributed by atoms with Gasteiger partial charge in [0, 0.05) is 23.8 Å². The molecule has 0 bridgehead atoms. The molecule has 8 nitrogen and oxygen atoms in total. The van der Waals surface area contributed by atoms with Crippen molar-refractivity contribution in [2.75, 3.05) is 0 Å². The number of carbonyl (C=O) groups excluding carboxylic acids is 1. The summed E-state index contributed by atoms with van der Waals surface area (Å²) >= 11 is 0. The molecule has 0 aliphatic carbocycles. The van der Waals surface area contributed by atoms with Gasteiger partial charge in [-0.3, -0.25) is 14.9 Å². The van der Waals surface area contributed by atoms with Crippen molar-refractivity contribution in [3.05, 3.63) is 75.2 Å². The van der Waals surface area contributed by atoms with Gasteiger partial charge < -0.3 is 5.21 Å². The first kappa shape index (κ1) is 14.1. The van der Waals surface area contributed by atoms with Crippen molar-refractivity contribution >= 4 is 17.8 Å². The molecule has 1 aromatic heterocycles. The minimum Gasteiger partial charge on any atom is -0.619 e. The molecule has 1 amide bonds. The summed E-state index contributed by atoms with van der Waals surface area (Å²) in [6.45, 7) is 0. The Hall–Kier alpha value is -3.29. The van der Waals surface area contributed by atoms with Crippen LogP contribution in [0.4, 0.5) is 5.69 Å². The lowest BCUT2D eigenvalue weighted by Gasteiger charge is -1.99. The Morgan fingerprint density at radius 1 is 1.33 bits per heavy atom. The van der Waals surface area contributed by atoms with Crippen LogP contribution in [0.25, 0.3) is 0 Å². The van der Waals surface area contributed by atoms with Gasteiger partial charge in [-0.05, 0) is 6.07 Å². The summed E-state index contributed by atoms with van der Waals surface area (Å²) in [4.78, 5) is 21.8. The van der Waals surface area contributed by atoms with E-state index in [4.69, 9.17) is 0 Å². The van der Waals surface area contributed by atoms with E-state index in [1.54, 1.807) is 6.07 Å². The fourth-order valence-electron chi connectivity index (χ4n) is 1.54. The number of carbonyl (C=O) groups is 1. The maximum Gasteiger partial charge on any atom is 0.277 e. The molecule has 1 heterocycles. The summed E-state index contributed by atoms with van der Waals surface area (Å²) in [7, 11) is 0. The van der Waals surface area contributed by atoms with Gasteiger partial charge in [0.15, 0.2) is 12.4 Å². The van der Waals surface area contributed by atoms with Gasteiger partial charge in [-0.15, -0.1) is 0 Å². The Bertz CT molecular complexity index is 715. The highest BCUT2D eigenvalue weighted by atomic mass is 16.6. The molecule has 1 aromatic carbocycles. The number of hydrogen-bond acceptors (Lipinski definition) is 5. The number of amides is 1. The fraction of sp³-hybridized carbons (Fsp3) is 0. The van der Waals surface area contributed by atoms with Crippen molar-refractivity contribution in [2.24, 2.45) is 5.10 Å².